The fourth-order valence-electron chi connectivity index (χ4n) is 2.84. The van der Waals surface area contributed by atoms with Gasteiger partial charge in [-0.15, -0.1) is 0 Å². The first kappa shape index (κ1) is 17.6. The van der Waals surface area contributed by atoms with Gasteiger partial charge in [0.05, 0.1) is 6.10 Å². The average molecular weight is 368 g/mol. The highest BCUT2D eigenvalue weighted by atomic mass is 32.2. The number of nitrogens with one attached hydrogen (secondary N) is 1. The van der Waals surface area contributed by atoms with Crippen LogP contribution < -0.4 is 9.62 Å². The van der Waals surface area contributed by atoms with Crippen LogP contribution in [0.1, 0.15) is 6.42 Å². The highest BCUT2D eigenvalue weighted by Crippen LogP contribution is 2.25. The van der Waals surface area contributed by atoms with Crippen LogP contribution in [-0.2, 0) is 14.8 Å². The van der Waals surface area contributed by atoms with Crippen molar-refractivity contribution in [2.75, 3.05) is 29.8 Å². The van der Waals surface area contributed by atoms with Gasteiger partial charge in [-0.2, -0.15) is 0 Å². The van der Waals surface area contributed by atoms with Crippen molar-refractivity contribution in [3.8, 4) is 0 Å². The lowest BCUT2D eigenvalue weighted by atomic mass is 10.2. The van der Waals surface area contributed by atoms with E-state index >= 15 is 0 Å². The lowest BCUT2D eigenvalue weighted by molar-refractivity contribution is 0.121. The third-order valence-electron chi connectivity index (χ3n) is 4.15. The lowest BCUT2D eigenvalue weighted by Crippen LogP contribution is -2.22. The van der Waals surface area contributed by atoms with Crippen molar-refractivity contribution in [2.24, 2.45) is 0 Å². The summed E-state index contributed by atoms with van der Waals surface area (Å²) < 4.78 is 59.4. The molecule has 1 aliphatic rings. The Morgan fingerprint density at radius 1 is 1.12 bits per heavy atom. The summed E-state index contributed by atoms with van der Waals surface area (Å²) in [6.45, 7) is 1.62. The predicted molar refractivity (Wildman–Crippen MR) is 91.2 cm³/mol. The molecule has 3 rings (SSSR count). The molecule has 134 valence electrons. The summed E-state index contributed by atoms with van der Waals surface area (Å²) in [5.41, 5.74) is 1.16. The molecule has 0 saturated carbocycles. The molecule has 25 heavy (non-hydrogen) atoms. The number of benzene rings is 2. The number of ether oxygens (including phenoxy) is 1. The Labute approximate surface area is 145 Å². The van der Waals surface area contributed by atoms with Gasteiger partial charge in [0.15, 0.2) is 4.90 Å². The molecule has 1 N–H and O–H groups in total. The number of nitrogens with zero attached hydrogens (tertiary/aromatic N) is 1. The van der Waals surface area contributed by atoms with Gasteiger partial charge in [0, 0.05) is 31.6 Å². The quantitative estimate of drug-likeness (QED) is 0.882. The summed E-state index contributed by atoms with van der Waals surface area (Å²) in [6.07, 6.45) is 1.11. The van der Waals surface area contributed by atoms with Crippen LogP contribution >= 0.6 is 0 Å². The molecule has 1 saturated heterocycles. The second kappa shape index (κ2) is 6.97. The zero-order valence-electron chi connectivity index (χ0n) is 13.6. The molecule has 8 heteroatoms. The molecule has 1 aliphatic heterocycles. The predicted octanol–water partition coefficient (Wildman–Crippen LogP) is 2.99. The Balaban J connectivity index is 1.77. The zero-order chi connectivity index (χ0) is 18.0. The van der Waals surface area contributed by atoms with E-state index in [4.69, 9.17) is 4.74 Å². The molecule has 0 bridgehead atoms. The maximum Gasteiger partial charge on any atom is 0.267 e. The molecule has 0 amide bonds. The standard InChI is InChI=1S/C17H18F2N2O3S/c1-24-14-9-10-21(11-14)13-7-5-12(6-8-13)20-25(22,23)17-15(18)3-2-4-16(17)19/h2-8,14,20H,9-11H2,1H3/t14-/m1/s1. The number of hydrogen-bond acceptors (Lipinski definition) is 4. The Hall–Kier alpha value is -2.19. The molecular weight excluding hydrogens is 350 g/mol. The highest BCUT2D eigenvalue weighted by molar-refractivity contribution is 7.92. The van der Waals surface area contributed by atoms with Crippen LogP contribution in [0.4, 0.5) is 20.2 Å². The van der Waals surface area contributed by atoms with Gasteiger partial charge in [-0.1, -0.05) is 6.07 Å². The topological polar surface area (TPSA) is 58.6 Å². The Bertz CT molecular complexity index is 836. The SMILES string of the molecule is CO[C@@H]1CCN(c2ccc(NS(=O)(=O)c3c(F)cccc3F)cc2)C1. The minimum absolute atomic E-state index is 0.183. The average Bonchev–Trinajstić information content (AvgIpc) is 3.04. The van der Waals surface area contributed by atoms with Crippen LogP contribution in [-0.4, -0.2) is 34.7 Å². The van der Waals surface area contributed by atoms with Crippen molar-refractivity contribution in [3.05, 3.63) is 54.1 Å². The summed E-state index contributed by atoms with van der Waals surface area (Å²) in [5.74, 6) is -2.27. The molecule has 0 radical (unpaired) electrons. The van der Waals surface area contributed by atoms with Gasteiger partial charge in [-0.25, -0.2) is 17.2 Å². The number of halogens is 2. The van der Waals surface area contributed by atoms with Gasteiger partial charge >= 0.3 is 0 Å². The van der Waals surface area contributed by atoms with E-state index < -0.39 is 26.6 Å². The molecule has 2 aromatic rings. The van der Waals surface area contributed by atoms with E-state index in [0.29, 0.717) is 0 Å². The summed E-state index contributed by atoms with van der Waals surface area (Å²) in [5, 5.41) is 0. The van der Waals surface area contributed by atoms with E-state index in [1.54, 1.807) is 31.4 Å². The molecule has 1 fully saturated rings. The molecule has 0 aromatic heterocycles. The molecular formula is C17H18F2N2O3S. The maximum absolute atomic E-state index is 13.7. The van der Waals surface area contributed by atoms with Crippen LogP contribution in [0.25, 0.3) is 0 Å². The number of hydrogen-bond donors (Lipinski definition) is 1. The third-order valence-corrected chi connectivity index (χ3v) is 5.58. The second-order valence-corrected chi connectivity index (χ2v) is 7.41. The number of rotatable bonds is 5. The molecule has 0 aliphatic carbocycles. The molecule has 5 nitrogen and oxygen atoms in total. The van der Waals surface area contributed by atoms with E-state index in [9.17, 15) is 17.2 Å². The summed E-state index contributed by atoms with van der Waals surface area (Å²) in [4.78, 5) is 1.14. The van der Waals surface area contributed by atoms with Gasteiger partial charge in [-0.3, -0.25) is 4.72 Å². The van der Waals surface area contributed by atoms with Gasteiger partial charge in [-0.05, 0) is 42.8 Å². The minimum Gasteiger partial charge on any atom is -0.380 e. The van der Waals surface area contributed by atoms with Crippen LogP contribution in [0.15, 0.2) is 47.4 Å². The summed E-state index contributed by atoms with van der Waals surface area (Å²) in [6, 6.07) is 9.56. The first-order valence-corrected chi connectivity index (χ1v) is 9.23. The first-order chi connectivity index (χ1) is 11.9. The zero-order valence-corrected chi connectivity index (χ0v) is 14.4. The van der Waals surface area contributed by atoms with Gasteiger partial charge < -0.3 is 9.64 Å². The number of sulfonamides is 1. The third kappa shape index (κ3) is 3.74. The largest absolute Gasteiger partial charge is 0.380 e. The molecule has 0 spiro atoms. The summed E-state index contributed by atoms with van der Waals surface area (Å²) >= 11 is 0. The van der Waals surface area contributed by atoms with Crippen molar-refractivity contribution in [3.63, 3.8) is 0 Å². The van der Waals surface area contributed by atoms with Crippen LogP contribution in [0, 0.1) is 11.6 Å². The Morgan fingerprint density at radius 3 is 2.32 bits per heavy atom. The first-order valence-electron chi connectivity index (χ1n) is 7.75. The van der Waals surface area contributed by atoms with E-state index in [0.717, 1.165) is 43.4 Å². The monoisotopic (exact) mass is 368 g/mol. The normalized spacial score (nSPS) is 17.7. The Kier molecular flexibility index (Phi) is 4.91. The molecule has 2 aromatic carbocycles. The fourth-order valence-corrected chi connectivity index (χ4v) is 4.04. The smallest absolute Gasteiger partial charge is 0.267 e. The van der Waals surface area contributed by atoms with Crippen LogP contribution in [0.5, 0.6) is 0 Å². The fraction of sp³-hybridized carbons (Fsp3) is 0.294. The van der Waals surface area contributed by atoms with E-state index in [1.165, 1.54) is 0 Å². The second-order valence-electron chi connectivity index (χ2n) is 5.80. The molecule has 1 heterocycles. The highest BCUT2D eigenvalue weighted by Gasteiger charge is 2.25. The number of methoxy groups -OCH3 is 1. The van der Waals surface area contributed by atoms with Crippen molar-refractivity contribution in [1.29, 1.82) is 0 Å². The lowest BCUT2D eigenvalue weighted by Gasteiger charge is -2.19. The minimum atomic E-state index is -4.35. The van der Waals surface area contributed by atoms with Gasteiger partial charge in [0.1, 0.15) is 11.6 Å². The van der Waals surface area contributed by atoms with Crippen LogP contribution in [0.3, 0.4) is 0 Å². The van der Waals surface area contributed by atoms with Crippen molar-refractivity contribution >= 4 is 21.4 Å². The van der Waals surface area contributed by atoms with Gasteiger partial charge in [0.25, 0.3) is 10.0 Å². The summed E-state index contributed by atoms with van der Waals surface area (Å²) in [7, 11) is -2.68. The van der Waals surface area contributed by atoms with E-state index in [-0.39, 0.29) is 11.8 Å². The van der Waals surface area contributed by atoms with Gasteiger partial charge in [0.2, 0.25) is 0 Å². The number of anilines is 2. The molecule has 0 unspecified atom stereocenters. The van der Waals surface area contributed by atoms with Crippen molar-refractivity contribution < 1.29 is 21.9 Å². The Morgan fingerprint density at radius 2 is 1.76 bits per heavy atom. The van der Waals surface area contributed by atoms with Crippen molar-refractivity contribution in [1.82, 2.24) is 0 Å². The van der Waals surface area contributed by atoms with Crippen molar-refractivity contribution in [2.45, 2.75) is 17.4 Å². The van der Waals surface area contributed by atoms with E-state index in [1.807, 2.05) is 0 Å². The maximum atomic E-state index is 13.7. The van der Waals surface area contributed by atoms with E-state index in [2.05, 4.69) is 9.62 Å². The molecule has 1 atom stereocenters. The van der Waals surface area contributed by atoms with Crippen LogP contribution in [0.2, 0.25) is 0 Å².